The highest BCUT2D eigenvalue weighted by atomic mass is 32.2. The van der Waals surface area contributed by atoms with Gasteiger partial charge in [0.25, 0.3) is 5.91 Å². The molecule has 1 unspecified atom stereocenters. The Balaban J connectivity index is 2.52. The number of thiophene rings is 1. The number of hydrogen-bond donors (Lipinski definition) is 2. The van der Waals surface area contributed by atoms with E-state index in [1.54, 1.807) is 17.8 Å². The molecule has 0 aliphatic heterocycles. The number of hydrogen-bond acceptors (Lipinski definition) is 4. The Kier molecular flexibility index (Phi) is 6.88. The maximum Gasteiger partial charge on any atom is 0.252 e. The molecule has 0 fully saturated rings. The number of thioether (sulfide) groups is 1. The van der Waals surface area contributed by atoms with Crippen LogP contribution in [-0.2, 0) is 0 Å². The summed E-state index contributed by atoms with van der Waals surface area (Å²) in [6, 6.07) is 1.79. The maximum atomic E-state index is 11.8. The van der Waals surface area contributed by atoms with Crippen LogP contribution in [0.15, 0.2) is 11.4 Å². The first-order chi connectivity index (χ1) is 8.67. The highest BCUT2D eigenvalue weighted by Crippen LogP contribution is 2.13. The van der Waals surface area contributed by atoms with Crippen molar-refractivity contribution in [2.24, 2.45) is 0 Å². The number of aliphatic hydroxyl groups excluding tert-OH is 1. The van der Waals surface area contributed by atoms with Gasteiger partial charge in [0.1, 0.15) is 0 Å². The van der Waals surface area contributed by atoms with E-state index in [1.807, 2.05) is 11.6 Å². The Bertz CT molecular complexity index is 445. The fourth-order valence-corrected chi connectivity index (χ4v) is 2.15. The third-order valence-corrected chi connectivity index (χ3v) is 4.08. The predicted molar refractivity (Wildman–Crippen MR) is 78.2 cm³/mol. The molecule has 1 aromatic rings. The van der Waals surface area contributed by atoms with E-state index in [4.69, 9.17) is 5.11 Å². The molecule has 0 spiro atoms. The lowest BCUT2D eigenvalue weighted by molar-refractivity contribution is 0.0954. The van der Waals surface area contributed by atoms with Gasteiger partial charge in [0, 0.05) is 23.6 Å². The largest absolute Gasteiger partial charge is 0.395 e. The van der Waals surface area contributed by atoms with Gasteiger partial charge in [-0.3, -0.25) is 4.79 Å². The third kappa shape index (κ3) is 5.13. The van der Waals surface area contributed by atoms with Crippen LogP contribution in [0.5, 0.6) is 0 Å². The van der Waals surface area contributed by atoms with E-state index in [0.29, 0.717) is 23.8 Å². The van der Waals surface area contributed by atoms with E-state index in [-0.39, 0.29) is 12.5 Å². The van der Waals surface area contributed by atoms with Gasteiger partial charge in [-0.05, 0) is 12.3 Å². The van der Waals surface area contributed by atoms with Crippen LogP contribution < -0.4 is 5.32 Å². The summed E-state index contributed by atoms with van der Waals surface area (Å²) in [5.41, 5.74) is 0.654. The first kappa shape index (κ1) is 15.1. The Hall–Kier alpha value is -0.960. The third-order valence-electron chi connectivity index (χ3n) is 2.26. The Morgan fingerprint density at radius 1 is 1.67 bits per heavy atom. The van der Waals surface area contributed by atoms with Gasteiger partial charge in [-0.15, -0.1) is 11.3 Å². The van der Waals surface area contributed by atoms with Crippen molar-refractivity contribution in [1.82, 2.24) is 5.32 Å². The summed E-state index contributed by atoms with van der Waals surface area (Å²) in [5.74, 6) is 5.71. The fourth-order valence-electron chi connectivity index (χ4n) is 1.15. The quantitative estimate of drug-likeness (QED) is 0.812. The molecule has 0 aromatic carbocycles. The van der Waals surface area contributed by atoms with Gasteiger partial charge >= 0.3 is 0 Å². The van der Waals surface area contributed by atoms with Crippen LogP contribution in [-0.4, -0.2) is 35.7 Å². The summed E-state index contributed by atoms with van der Waals surface area (Å²) in [6.07, 6.45) is 2.49. The SMILES string of the molecule is CSC(C)CNC(=O)c1csc(C#CCCO)c1. The summed E-state index contributed by atoms with van der Waals surface area (Å²) in [7, 11) is 0. The molecule has 1 heterocycles. The molecule has 0 saturated carbocycles. The minimum atomic E-state index is -0.0534. The highest BCUT2D eigenvalue weighted by molar-refractivity contribution is 7.99. The minimum absolute atomic E-state index is 0.0534. The van der Waals surface area contributed by atoms with Crippen molar-refractivity contribution in [2.45, 2.75) is 18.6 Å². The van der Waals surface area contributed by atoms with Crippen molar-refractivity contribution in [3.8, 4) is 11.8 Å². The van der Waals surface area contributed by atoms with Crippen LogP contribution in [0.1, 0.15) is 28.6 Å². The molecule has 0 aliphatic carbocycles. The molecule has 3 nitrogen and oxygen atoms in total. The summed E-state index contributed by atoms with van der Waals surface area (Å²) < 4.78 is 0. The lowest BCUT2D eigenvalue weighted by Gasteiger charge is -2.08. The van der Waals surface area contributed by atoms with Gasteiger partial charge in [0.15, 0.2) is 0 Å². The Morgan fingerprint density at radius 2 is 2.44 bits per heavy atom. The van der Waals surface area contributed by atoms with E-state index in [2.05, 4.69) is 24.1 Å². The minimum Gasteiger partial charge on any atom is -0.395 e. The lowest BCUT2D eigenvalue weighted by Crippen LogP contribution is -2.28. The van der Waals surface area contributed by atoms with E-state index >= 15 is 0 Å². The van der Waals surface area contributed by atoms with E-state index in [9.17, 15) is 4.79 Å². The number of carbonyl (C=O) groups is 1. The predicted octanol–water partition coefficient (Wildman–Crippen LogP) is 1.96. The van der Waals surface area contributed by atoms with Crippen LogP contribution in [0.3, 0.4) is 0 Å². The molecule has 1 amide bonds. The Morgan fingerprint density at radius 3 is 3.11 bits per heavy atom. The zero-order valence-corrected chi connectivity index (χ0v) is 12.2. The standard InChI is InChI=1S/C13H17NO2S2/c1-10(17-2)8-14-13(16)11-7-12(18-9-11)5-3-4-6-15/h7,9-10,15H,4,6,8H2,1-2H3,(H,14,16). The van der Waals surface area contributed by atoms with Gasteiger partial charge < -0.3 is 10.4 Å². The van der Waals surface area contributed by atoms with Crippen LogP contribution in [0.25, 0.3) is 0 Å². The van der Waals surface area contributed by atoms with E-state index in [0.717, 1.165) is 4.88 Å². The Labute approximate surface area is 116 Å². The fraction of sp³-hybridized carbons (Fsp3) is 0.462. The normalized spacial score (nSPS) is 11.5. The average molecular weight is 283 g/mol. The lowest BCUT2D eigenvalue weighted by atomic mass is 10.3. The first-order valence-electron chi connectivity index (χ1n) is 5.66. The van der Waals surface area contributed by atoms with Gasteiger partial charge in [-0.2, -0.15) is 11.8 Å². The highest BCUT2D eigenvalue weighted by Gasteiger charge is 2.08. The number of aliphatic hydroxyl groups is 1. The molecule has 1 aromatic heterocycles. The van der Waals surface area contributed by atoms with Crippen molar-refractivity contribution in [1.29, 1.82) is 0 Å². The molecule has 2 N–H and O–H groups in total. The molecular formula is C13H17NO2S2. The number of carbonyl (C=O) groups excluding carboxylic acids is 1. The maximum absolute atomic E-state index is 11.8. The van der Waals surface area contributed by atoms with Crippen molar-refractivity contribution < 1.29 is 9.90 Å². The second-order valence-electron chi connectivity index (χ2n) is 3.73. The van der Waals surface area contributed by atoms with E-state index in [1.165, 1.54) is 11.3 Å². The summed E-state index contributed by atoms with van der Waals surface area (Å²) in [5, 5.41) is 13.7. The smallest absolute Gasteiger partial charge is 0.252 e. The molecule has 1 rings (SSSR count). The zero-order chi connectivity index (χ0) is 13.4. The summed E-state index contributed by atoms with van der Waals surface area (Å²) in [6.45, 7) is 2.81. The molecule has 0 saturated heterocycles. The van der Waals surface area contributed by atoms with Crippen LogP contribution in [0.2, 0.25) is 0 Å². The second-order valence-corrected chi connectivity index (χ2v) is 5.92. The number of amides is 1. The molecular weight excluding hydrogens is 266 g/mol. The van der Waals surface area contributed by atoms with Gasteiger partial charge in [0.2, 0.25) is 0 Å². The molecule has 5 heteroatoms. The first-order valence-corrected chi connectivity index (χ1v) is 7.83. The van der Waals surface area contributed by atoms with Crippen LogP contribution in [0.4, 0.5) is 0 Å². The summed E-state index contributed by atoms with van der Waals surface area (Å²) >= 11 is 3.17. The molecule has 18 heavy (non-hydrogen) atoms. The van der Waals surface area contributed by atoms with Gasteiger partial charge in [0.05, 0.1) is 17.0 Å². The van der Waals surface area contributed by atoms with Crippen molar-refractivity contribution >= 4 is 29.0 Å². The summed E-state index contributed by atoms with van der Waals surface area (Å²) in [4.78, 5) is 12.7. The van der Waals surface area contributed by atoms with E-state index < -0.39 is 0 Å². The average Bonchev–Trinajstić information content (AvgIpc) is 2.84. The number of rotatable bonds is 5. The van der Waals surface area contributed by atoms with Gasteiger partial charge in [-0.1, -0.05) is 18.8 Å². The molecule has 0 aliphatic rings. The molecule has 0 bridgehead atoms. The molecule has 0 radical (unpaired) electrons. The second kappa shape index (κ2) is 8.20. The van der Waals surface area contributed by atoms with Crippen molar-refractivity contribution in [3.05, 3.63) is 21.9 Å². The van der Waals surface area contributed by atoms with Crippen molar-refractivity contribution in [3.63, 3.8) is 0 Å². The topological polar surface area (TPSA) is 49.3 Å². The van der Waals surface area contributed by atoms with Crippen LogP contribution in [0, 0.1) is 11.8 Å². The van der Waals surface area contributed by atoms with Crippen molar-refractivity contribution in [2.75, 3.05) is 19.4 Å². The monoisotopic (exact) mass is 283 g/mol. The van der Waals surface area contributed by atoms with Crippen LogP contribution >= 0.6 is 23.1 Å². The zero-order valence-electron chi connectivity index (χ0n) is 10.5. The van der Waals surface area contributed by atoms with Gasteiger partial charge in [-0.25, -0.2) is 0 Å². The number of nitrogens with one attached hydrogen (secondary N) is 1. The molecule has 98 valence electrons. The molecule has 1 atom stereocenters.